The molecule has 0 aliphatic rings. The summed E-state index contributed by atoms with van der Waals surface area (Å²) in [6.45, 7) is 8.16. The topological polar surface area (TPSA) is 66.0 Å². The Labute approximate surface area is 96.1 Å². The van der Waals surface area contributed by atoms with Crippen LogP contribution < -0.4 is 0 Å². The SMILES string of the molecule is Cc1[nH]c(C(C)CC(=O)O)nc1CC(C)C. The van der Waals surface area contributed by atoms with Gasteiger partial charge in [0.25, 0.3) is 0 Å². The summed E-state index contributed by atoms with van der Waals surface area (Å²) in [5, 5.41) is 8.73. The molecule has 0 spiro atoms. The molecule has 0 aromatic carbocycles. The normalized spacial score (nSPS) is 13.1. The lowest BCUT2D eigenvalue weighted by Gasteiger charge is -2.04. The van der Waals surface area contributed by atoms with Crippen LogP contribution in [0.4, 0.5) is 0 Å². The van der Waals surface area contributed by atoms with E-state index in [1.54, 1.807) is 0 Å². The van der Waals surface area contributed by atoms with Gasteiger partial charge >= 0.3 is 5.97 Å². The minimum atomic E-state index is -0.785. The van der Waals surface area contributed by atoms with Gasteiger partial charge in [-0.15, -0.1) is 0 Å². The first-order valence-corrected chi connectivity index (χ1v) is 5.67. The van der Waals surface area contributed by atoms with Crippen molar-refractivity contribution >= 4 is 5.97 Å². The Morgan fingerprint density at radius 3 is 2.56 bits per heavy atom. The highest BCUT2D eigenvalue weighted by atomic mass is 16.4. The van der Waals surface area contributed by atoms with Gasteiger partial charge < -0.3 is 10.1 Å². The number of aromatic amines is 1. The van der Waals surface area contributed by atoms with Gasteiger partial charge in [0.15, 0.2) is 0 Å². The second-order valence-electron chi connectivity index (χ2n) is 4.79. The summed E-state index contributed by atoms with van der Waals surface area (Å²) in [7, 11) is 0. The molecule has 1 unspecified atom stereocenters. The van der Waals surface area contributed by atoms with Crippen LogP contribution >= 0.6 is 0 Å². The molecule has 1 rings (SSSR count). The Bertz CT molecular complexity index is 369. The number of aromatic nitrogens is 2. The third-order valence-electron chi connectivity index (χ3n) is 2.55. The summed E-state index contributed by atoms with van der Waals surface area (Å²) >= 11 is 0. The first-order valence-electron chi connectivity index (χ1n) is 5.67. The number of rotatable bonds is 5. The predicted octanol–water partition coefficient (Wildman–Crippen LogP) is 2.49. The average Bonchev–Trinajstić information content (AvgIpc) is 2.45. The minimum Gasteiger partial charge on any atom is -0.481 e. The maximum Gasteiger partial charge on any atom is 0.304 e. The average molecular weight is 224 g/mol. The van der Waals surface area contributed by atoms with E-state index >= 15 is 0 Å². The number of nitrogens with zero attached hydrogens (tertiary/aromatic N) is 1. The van der Waals surface area contributed by atoms with Crippen LogP contribution in [0.25, 0.3) is 0 Å². The molecular weight excluding hydrogens is 204 g/mol. The van der Waals surface area contributed by atoms with Crippen molar-refractivity contribution in [2.75, 3.05) is 0 Å². The predicted molar refractivity (Wildman–Crippen MR) is 62.5 cm³/mol. The number of nitrogens with one attached hydrogen (secondary N) is 1. The first kappa shape index (κ1) is 12.7. The number of aliphatic carboxylic acids is 1. The number of imidazole rings is 1. The molecule has 0 saturated carbocycles. The van der Waals surface area contributed by atoms with Crippen molar-refractivity contribution in [3.05, 3.63) is 17.2 Å². The summed E-state index contributed by atoms with van der Waals surface area (Å²) in [5.41, 5.74) is 2.11. The highest BCUT2D eigenvalue weighted by molar-refractivity contribution is 5.67. The van der Waals surface area contributed by atoms with E-state index in [9.17, 15) is 4.79 Å². The largest absolute Gasteiger partial charge is 0.481 e. The van der Waals surface area contributed by atoms with Crippen LogP contribution in [-0.4, -0.2) is 21.0 Å². The van der Waals surface area contributed by atoms with Crippen LogP contribution in [0.1, 0.15) is 50.3 Å². The molecule has 4 nitrogen and oxygen atoms in total. The van der Waals surface area contributed by atoms with Crippen LogP contribution in [0.2, 0.25) is 0 Å². The first-order chi connectivity index (χ1) is 7.40. The quantitative estimate of drug-likeness (QED) is 0.807. The molecule has 16 heavy (non-hydrogen) atoms. The van der Waals surface area contributed by atoms with Gasteiger partial charge in [0.1, 0.15) is 5.82 Å². The van der Waals surface area contributed by atoms with Crippen molar-refractivity contribution in [1.29, 1.82) is 0 Å². The number of carboxylic acid groups (broad SMARTS) is 1. The van der Waals surface area contributed by atoms with Crippen molar-refractivity contribution in [2.24, 2.45) is 5.92 Å². The van der Waals surface area contributed by atoms with Gasteiger partial charge in [0.05, 0.1) is 12.1 Å². The molecule has 0 bridgehead atoms. The number of H-pyrrole nitrogens is 1. The number of aryl methyl sites for hydroxylation is 1. The smallest absolute Gasteiger partial charge is 0.304 e. The lowest BCUT2D eigenvalue weighted by atomic mass is 10.1. The molecule has 0 aliphatic heterocycles. The summed E-state index contributed by atoms with van der Waals surface area (Å²) < 4.78 is 0. The monoisotopic (exact) mass is 224 g/mol. The van der Waals surface area contributed by atoms with E-state index in [1.807, 2.05) is 13.8 Å². The van der Waals surface area contributed by atoms with E-state index in [2.05, 4.69) is 23.8 Å². The van der Waals surface area contributed by atoms with Gasteiger partial charge in [0, 0.05) is 11.6 Å². The van der Waals surface area contributed by atoms with E-state index in [-0.39, 0.29) is 12.3 Å². The molecule has 0 fully saturated rings. The molecular formula is C12H20N2O2. The Morgan fingerprint density at radius 1 is 1.44 bits per heavy atom. The highest BCUT2D eigenvalue weighted by Crippen LogP contribution is 2.19. The summed E-state index contributed by atoms with van der Waals surface area (Å²) in [4.78, 5) is 18.3. The van der Waals surface area contributed by atoms with Crippen molar-refractivity contribution in [2.45, 2.75) is 46.5 Å². The summed E-state index contributed by atoms with van der Waals surface area (Å²) in [5.74, 6) is 0.504. The van der Waals surface area contributed by atoms with Gasteiger partial charge in [-0.3, -0.25) is 4.79 Å². The fourth-order valence-corrected chi connectivity index (χ4v) is 1.70. The van der Waals surface area contributed by atoms with Gasteiger partial charge in [-0.2, -0.15) is 0 Å². The van der Waals surface area contributed by atoms with Gasteiger partial charge in [0.2, 0.25) is 0 Å². The third-order valence-corrected chi connectivity index (χ3v) is 2.55. The molecule has 1 aromatic rings. The van der Waals surface area contributed by atoms with Crippen molar-refractivity contribution in [3.63, 3.8) is 0 Å². The minimum absolute atomic E-state index is 0.0582. The van der Waals surface area contributed by atoms with Gasteiger partial charge in [-0.1, -0.05) is 20.8 Å². The van der Waals surface area contributed by atoms with Gasteiger partial charge in [-0.05, 0) is 19.3 Å². The molecule has 0 radical (unpaired) electrons. The number of hydrogen-bond acceptors (Lipinski definition) is 2. The van der Waals surface area contributed by atoms with Crippen LogP contribution in [0.5, 0.6) is 0 Å². The number of carbonyl (C=O) groups is 1. The van der Waals surface area contributed by atoms with Crippen LogP contribution in [-0.2, 0) is 11.2 Å². The fraction of sp³-hybridized carbons (Fsp3) is 0.667. The Morgan fingerprint density at radius 2 is 2.06 bits per heavy atom. The molecule has 1 heterocycles. The van der Waals surface area contributed by atoms with Crippen LogP contribution in [0.15, 0.2) is 0 Å². The molecule has 90 valence electrons. The number of carboxylic acids is 1. The molecule has 0 amide bonds. The Balaban J connectivity index is 2.79. The van der Waals surface area contributed by atoms with Crippen molar-refractivity contribution in [1.82, 2.24) is 9.97 Å². The fourth-order valence-electron chi connectivity index (χ4n) is 1.70. The van der Waals surface area contributed by atoms with Crippen molar-refractivity contribution < 1.29 is 9.90 Å². The third kappa shape index (κ3) is 3.36. The summed E-state index contributed by atoms with van der Waals surface area (Å²) in [6.07, 6.45) is 1.05. The second-order valence-corrected chi connectivity index (χ2v) is 4.79. The van der Waals surface area contributed by atoms with Gasteiger partial charge in [-0.25, -0.2) is 4.98 Å². The molecule has 2 N–H and O–H groups in total. The Kier molecular flexibility index (Phi) is 4.10. The molecule has 0 saturated heterocycles. The second kappa shape index (κ2) is 5.14. The maximum atomic E-state index is 10.6. The van der Waals surface area contributed by atoms with E-state index in [4.69, 9.17) is 5.11 Å². The van der Waals surface area contributed by atoms with Crippen molar-refractivity contribution in [3.8, 4) is 0 Å². The van der Waals surface area contributed by atoms with E-state index in [1.165, 1.54) is 0 Å². The molecule has 1 atom stereocenters. The zero-order chi connectivity index (χ0) is 12.3. The van der Waals surface area contributed by atoms with Crippen LogP contribution in [0, 0.1) is 12.8 Å². The zero-order valence-corrected chi connectivity index (χ0v) is 10.4. The van der Waals surface area contributed by atoms with E-state index < -0.39 is 5.97 Å². The summed E-state index contributed by atoms with van der Waals surface area (Å²) in [6, 6.07) is 0. The molecule has 1 aromatic heterocycles. The standard InChI is InChI=1S/C12H20N2O2/c1-7(2)5-10-9(4)13-12(14-10)8(3)6-11(15)16/h7-8H,5-6H2,1-4H3,(H,13,14)(H,15,16). The molecule has 0 aliphatic carbocycles. The lowest BCUT2D eigenvalue weighted by molar-refractivity contribution is -0.137. The Hall–Kier alpha value is -1.32. The molecule has 4 heteroatoms. The zero-order valence-electron chi connectivity index (χ0n) is 10.4. The van der Waals surface area contributed by atoms with E-state index in [0.29, 0.717) is 5.92 Å². The maximum absolute atomic E-state index is 10.6. The lowest BCUT2D eigenvalue weighted by Crippen LogP contribution is -2.04. The number of hydrogen-bond donors (Lipinski definition) is 2. The highest BCUT2D eigenvalue weighted by Gasteiger charge is 2.16. The van der Waals surface area contributed by atoms with E-state index in [0.717, 1.165) is 23.6 Å². The van der Waals surface area contributed by atoms with Crippen LogP contribution in [0.3, 0.4) is 0 Å².